The number of hydrogen-bond donors (Lipinski definition) is 2. The monoisotopic (exact) mass is 311 g/mol. The van der Waals surface area contributed by atoms with Crippen molar-refractivity contribution in [3.05, 3.63) is 33.3 Å². The molecule has 1 aromatic carbocycles. The van der Waals surface area contributed by atoms with Crippen LogP contribution in [-0.2, 0) is 4.79 Å². The van der Waals surface area contributed by atoms with Gasteiger partial charge in [-0.3, -0.25) is 14.9 Å². The van der Waals surface area contributed by atoms with Crippen LogP contribution in [0.25, 0.3) is 0 Å². The van der Waals surface area contributed by atoms with Gasteiger partial charge in [0.25, 0.3) is 5.69 Å². The van der Waals surface area contributed by atoms with Crippen LogP contribution in [-0.4, -0.2) is 23.4 Å². The van der Waals surface area contributed by atoms with E-state index in [-0.39, 0.29) is 22.7 Å². The number of rotatable bonds is 4. The van der Waals surface area contributed by atoms with Crippen molar-refractivity contribution >= 4 is 28.9 Å². The minimum Gasteiger partial charge on any atom is -0.325 e. The number of anilines is 1. The van der Waals surface area contributed by atoms with Crippen LogP contribution in [0.5, 0.6) is 0 Å². The molecular formula is C14H18ClN3O3. The lowest BCUT2D eigenvalue weighted by molar-refractivity contribution is -0.384. The topological polar surface area (TPSA) is 84.3 Å². The molecule has 1 fully saturated rings. The van der Waals surface area contributed by atoms with Crippen LogP contribution < -0.4 is 10.6 Å². The molecule has 0 radical (unpaired) electrons. The number of piperidine rings is 1. The Hall–Kier alpha value is -1.66. The fourth-order valence-electron chi connectivity index (χ4n) is 2.53. The first kappa shape index (κ1) is 15.7. The van der Waals surface area contributed by atoms with Crippen molar-refractivity contribution in [1.29, 1.82) is 0 Å². The van der Waals surface area contributed by atoms with Crippen LogP contribution >= 0.6 is 11.6 Å². The zero-order valence-electron chi connectivity index (χ0n) is 11.8. The van der Waals surface area contributed by atoms with Crippen molar-refractivity contribution in [3.8, 4) is 0 Å². The Bertz CT molecular complexity index is 550. The van der Waals surface area contributed by atoms with Gasteiger partial charge in [0.1, 0.15) is 5.02 Å². The highest BCUT2D eigenvalue weighted by Crippen LogP contribution is 2.27. The highest BCUT2D eigenvalue weighted by Gasteiger charge is 2.26. The molecule has 0 aromatic heterocycles. The normalized spacial score (nSPS) is 21.8. The zero-order valence-corrected chi connectivity index (χ0v) is 12.5. The van der Waals surface area contributed by atoms with Gasteiger partial charge in [-0.2, -0.15) is 0 Å². The van der Waals surface area contributed by atoms with Crippen molar-refractivity contribution in [1.82, 2.24) is 5.32 Å². The third-order valence-electron chi connectivity index (χ3n) is 3.82. The molecule has 7 heteroatoms. The summed E-state index contributed by atoms with van der Waals surface area (Å²) in [4.78, 5) is 22.4. The predicted molar refractivity (Wildman–Crippen MR) is 81.5 cm³/mol. The quantitative estimate of drug-likeness (QED) is 0.661. The number of nitrogens with one attached hydrogen (secondary N) is 2. The number of halogens is 1. The largest absolute Gasteiger partial charge is 0.325 e. The number of carbonyl (C=O) groups excluding carboxylic acids is 1. The summed E-state index contributed by atoms with van der Waals surface area (Å²) in [5.74, 6) is 0.431. The van der Waals surface area contributed by atoms with E-state index in [1.807, 2.05) is 0 Å². The average Bonchev–Trinajstić information content (AvgIpc) is 2.47. The molecule has 2 atom stereocenters. The van der Waals surface area contributed by atoms with E-state index in [0.29, 0.717) is 11.6 Å². The zero-order chi connectivity index (χ0) is 15.4. The van der Waals surface area contributed by atoms with Gasteiger partial charge in [0.15, 0.2) is 0 Å². The van der Waals surface area contributed by atoms with Crippen molar-refractivity contribution in [2.24, 2.45) is 5.92 Å². The second-order valence-corrected chi connectivity index (χ2v) is 5.63. The molecule has 1 amide bonds. The maximum atomic E-state index is 12.2. The molecule has 1 saturated heterocycles. The molecule has 2 N–H and O–H groups in total. The van der Waals surface area contributed by atoms with E-state index in [1.54, 1.807) is 0 Å². The summed E-state index contributed by atoms with van der Waals surface area (Å²) in [6.45, 7) is 2.96. The minimum atomic E-state index is -0.553. The molecule has 1 heterocycles. The fraction of sp³-hybridized carbons (Fsp3) is 0.500. The van der Waals surface area contributed by atoms with Gasteiger partial charge in [-0.25, -0.2) is 0 Å². The van der Waals surface area contributed by atoms with Crippen molar-refractivity contribution in [2.45, 2.75) is 32.2 Å². The Morgan fingerprint density at radius 2 is 2.33 bits per heavy atom. The standard InChI is InChI=1S/C14H18ClN3O3/c1-2-9-5-6-16-12(7-9)14(19)17-10-3-4-13(18(20)21)11(15)8-10/h3-4,8-9,12,16H,2,5-7H2,1H3,(H,17,19). The van der Waals surface area contributed by atoms with Crippen molar-refractivity contribution < 1.29 is 9.72 Å². The first-order chi connectivity index (χ1) is 10.0. The molecule has 1 aliphatic heterocycles. The Morgan fingerprint density at radius 1 is 1.57 bits per heavy atom. The molecule has 0 spiro atoms. The first-order valence-electron chi connectivity index (χ1n) is 6.99. The molecule has 2 rings (SSSR count). The molecule has 1 aromatic rings. The Balaban J connectivity index is 2.02. The molecular weight excluding hydrogens is 294 g/mol. The number of amides is 1. The summed E-state index contributed by atoms with van der Waals surface area (Å²) in [7, 11) is 0. The van der Waals surface area contributed by atoms with E-state index in [0.717, 1.165) is 25.8 Å². The lowest BCUT2D eigenvalue weighted by Crippen LogP contribution is -2.46. The summed E-state index contributed by atoms with van der Waals surface area (Å²) < 4.78 is 0. The molecule has 0 aliphatic carbocycles. The molecule has 2 unspecified atom stereocenters. The summed E-state index contributed by atoms with van der Waals surface area (Å²) >= 11 is 5.83. The SMILES string of the molecule is CCC1CCNC(C(=O)Nc2ccc([N+](=O)[O-])c(Cl)c2)C1. The maximum Gasteiger partial charge on any atom is 0.288 e. The van der Waals surface area contributed by atoms with Crippen molar-refractivity contribution in [2.75, 3.05) is 11.9 Å². The number of nitrogens with zero attached hydrogens (tertiary/aromatic N) is 1. The second-order valence-electron chi connectivity index (χ2n) is 5.22. The van der Waals surface area contributed by atoms with Crippen LogP contribution in [0.15, 0.2) is 18.2 Å². The number of nitro benzene ring substituents is 1. The van der Waals surface area contributed by atoms with Crippen LogP contribution in [0, 0.1) is 16.0 Å². The van der Waals surface area contributed by atoms with Crippen molar-refractivity contribution in [3.63, 3.8) is 0 Å². The van der Waals surface area contributed by atoms with Gasteiger partial charge in [0.2, 0.25) is 5.91 Å². The molecule has 114 valence electrons. The van der Waals surface area contributed by atoms with Crippen LogP contribution in [0.1, 0.15) is 26.2 Å². The van der Waals surface area contributed by atoms with E-state index in [2.05, 4.69) is 17.6 Å². The number of hydrogen-bond acceptors (Lipinski definition) is 4. The number of carbonyl (C=O) groups is 1. The highest BCUT2D eigenvalue weighted by molar-refractivity contribution is 6.33. The summed E-state index contributed by atoms with van der Waals surface area (Å²) in [5, 5.41) is 16.7. The van der Waals surface area contributed by atoms with E-state index in [9.17, 15) is 14.9 Å². The Kier molecular flexibility index (Phi) is 5.14. The maximum absolute atomic E-state index is 12.2. The van der Waals surface area contributed by atoms with Gasteiger partial charge in [-0.1, -0.05) is 24.9 Å². The third kappa shape index (κ3) is 3.92. The lowest BCUT2D eigenvalue weighted by Gasteiger charge is -2.28. The third-order valence-corrected chi connectivity index (χ3v) is 4.12. The van der Waals surface area contributed by atoms with Gasteiger partial charge in [-0.15, -0.1) is 0 Å². The Labute approximate surface area is 128 Å². The summed E-state index contributed by atoms with van der Waals surface area (Å²) in [6.07, 6.45) is 2.96. The second kappa shape index (κ2) is 6.87. The van der Waals surface area contributed by atoms with E-state index >= 15 is 0 Å². The van der Waals surface area contributed by atoms with E-state index < -0.39 is 4.92 Å². The van der Waals surface area contributed by atoms with Crippen LogP contribution in [0.3, 0.4) is 0 Å². The fourth-order valence-corrected chi connectivity index (χ4v) is 2.78. The van der Waals surface area contributed by atoms with E-state index in [1.165, 1.54) is 18.2 Å². The van der Waals surface area contributed by atoms with E-state index in [4.69, 9.17) is 11.6 Å². The molecule has 1 aliphatic rings. The highest BCUT2D eigenvalue weighted by atomic mass is 35.5. The van der Waals surface area contributed by atoms with Crippen LogP contribution in [0.2, 0.25) is 5.02 Å². The molecule has 0 saturated carbocycles. The molecule has 0 bridgehead atoms. The van der Waals surface area contributed by atoms with Gasteiger partial charge in [0.05, 0.1) is 11.0 Å². The van der Waals surface area contributed by atoms with Crippen LogP contribution in [0.4, 0.5) is 11.4 Å². The summed E-state index contributed by atoms with van der Waals surface area (Å²) in [5.41, 5.74) is 0.299. The average molecular weight is 312 g/mol. The Morgan fingerprint density at radius 3 is 2.95 bits per heavy atom. The van der Waals surface area contributed by atoms with Gasteiger partial charge < -0.3 is 10.6 Å². The summed E-state index contributed by atoms with van der Waals surface area (Å²) in [6, 6.07) is 3.96. The molecule has 6 nitrogen and oxygen atoms in total. The number of benzene rings is 1. The molecule has 21 heavy (non-hydrogen) atoms. The minimum absolute atomic E-state index is 0.0147. The predicted octanol–water partition coefficient (Wildman–Crippen LogP) is 2.96. The van der Waals surface area contributed by atoms with Gasteiger partial charge >= 0.3 is 0 Å². The first-order valence-corrected chi connectivity index (χ1v) is 7.37. The van der Waals surface area contributed by atoms with Gasteiger partial charge in [0, 0.05) is 11.8 Å². The number of nitro groups is 1. The van der Waals surface area contributed by atoms with Gasteiger partial charge in [-0.05, 0) is 37.4 Å². The smallest absolute Gasteiger partial charge is 0.288 e. The lowest BCUT2D eigenvalue weighted by atomic mass is 9.90.